The molecule has 2 rings (SSSR count). The van der Waals surface area contributed by atoms with Gasteiger partial charge < -0.3 is 10.2 Å². The van der Waals surface area contributed by atoms with Gasteiger partial charge in [0.05, 0.1) is 6.10 Å². The molecular weight excluding hydrogens is 256 g/mol. The molecule has 1 fully saturated rings. The zero-order valence-corrected chi connectivity index (χ0v) is 10.2. The number of aliphatic carboxylic acids is 1. The second kappa shape index (κ2) is 5.63. The Hall–Kier alpha value is -1.53. The van der Waals surface area contributed by atoms with Crippen molar-refractivity contribution in [2.75, 3.05) is 13.1 Å². The molecule has 104 valence electrons. The van der Waals surface area contributed by atoms with E-state index in [9.17, 15) is 23.8 Å². The van der Waals surface area contributed by atoms with Crippen LogP contribution in [0.4, 0.5) is 8.78 Å². The number of aliphatic hydroxyl groups excluding tert-OH is 1. The summed E-state index contributed by atoms with van der Waals surface area (Å²) in [7, 11) is 0. The van der Waals surface area contributed by atoms with Gasteiger partial charge in [0.2, 0.25) is 0 Å². The summed E-state index contributed by atoms with van der Waals surface area (Å²) in [6, 6.07) is 2.11. The molecule has 0 aromatic heterocycles. The molecule has 1 aliphatic heterocycles. The molecule has 0 amide bonds. The maximum Gasteiger partial charge on any atom is 0.325 e. The quantitative estimate of drug-likeness (QED) is 0.875. The first-order chi connectivity index (χ1) is 8.99. The maximum atomic E-state index is 13.2. The van der Waals surface area contributed by atoms with Crippen LogP contribution in [0.1, 0.15) is 24.4 Å². The van der Waals surface area contributed by atoms with E-state index in [0.29, 0.717) is 25.9 Å². The highest BCUT2D eigenvalue weighted by Gasteiger charge is 2.30. The van der Waals surface area contributed by atoms with Crippen molar-refractivity contribution in [3.05, 3.63) is 35.4 Å². The lowest BCUT2D eigenvalue weighted by Gasteiger charge is -2.34. The number of benzene rings is 1. The summed E-state index contributed by atoms with van der Waals surface area (Å²) in [5.41, 5.74) is 0.211. The largest absolute Gasteiger partial charge is 0.480 e. The van der Waals surface area contributed by atoms with E-state index in [4.69, 9.17) is 0 Å². The second-order valence-electron chi connectivity index (χ2n) is 4.68. The third-order valence-electron chi connectivity index (χ3n) is 3.36. The van der Waals surface area contributed by atoms with Crippen molar-refractivity contribution in [3.63, 3.8) is 0 Å². The lowest BCUT2D eigenvalue weighted by atomic mass is 10.0. The Morgan fingerprint density at radius 3 is 2.42 bits per heavy atom. The third kappa shape index (κ3) is 3.08. The van der Waals surface area contributed by atoms with Gasteiger partial charge >= 0.3 is 5.97 Å². The molecule has 4 nitrogen and oxygen atoms in total. The van der Waals surface area contributed by atoms with E-state index in [1.54, 1.807) is 4.90 Å². The number of carbonyl (C=O) groups is 1. The van der Waals surface area contributed by atoms with Crippen molar-refractivity contribution in [3.8, 4) is 0 Å². The topological polar surface area (TPSA) is 60.8 Å². The maximum absolute atomic E-state index is 13.2. The second-order valence-corrected chi connectivity index (χ2v) is 4.68. The molecule has 1 atom stereocenters. The van der Waals surface area contributed by atoms with E-state index in [2.05, 4.69) is 0 Å². The van der Waals surface area contributed by atoms with Gasteiger partial charge in [-0.05, 0) is 30.5 Å². The van der Waals surface area contributed by atoms with Gasteiger partial charge in [-0.25, -0.2) is 8.78 Å². The monoisotopic (exact) mass is 271 g/mol. The number of hydrogen-bond donors (Lipinski definition) is 2. The highest BCUT2D eigenvalue weighted by atomic mass is 19.2. The van der Waals surface area contributed by atoms with Crippen LogP contribution in [0.15, 0.2) is 18.2 Å². The first kappa shape index (κ1) is 13.9. The molecule has 0 saturated carbocycles. The Bertz CT molecular complexity index is 473. The number of carboxylic acid groups (broad SMARTS) is 1. The zero-order chi connectivity index (χ0) is 14.0. The molecule has 1 aromatic carbocycles. The number of aliphatic hydroxyl groups is 1. The van der Waals surface area contributed by atoms with Crippen molar-refractivity contribution in [2.24, 2.45) is 0 Å². The van der Waals surface area contributed by atoms with E-state index in [-0.39, 0.29) is 5.56 Å². The SMILES string of the molecule is O=C(O)C(c1ccc(F)c(F)c1)N1CCC(O)CC1. The number of nitrogens with zero attached hydrogens (tertiary/aromatic N) is 1. The first-order valence-electron chi connectivity index (χ1n) is 6.09. The fraction of sp³-hybridized carbons (Fsp3) is 0.462. The van der Waals surface area contributed by atoms with Gasteiger partial charge in [0.15, 0.2) is 11.6 Å². The van der Waals surface area contributed by atoms with Crippen LogP contribution < -0.4 is 0 Å². The fourth-order valence-electron chi connectivity index (χ4n) is 2.34. The van der Waals surface area contributed by atoms with Crippen LogP contribution in [0.5, 0.6) is 0 Å². The Kier molecular flexibility index (Phi) is 4.11. The molecule has 2 N–H and O–H groups in total. The van der Waals surface area contributed by atoms with Crippen molar-refractivity contribution in [2.45, 2.75) is 25.0 Å². The predicted octanol–water partition coefficient (Wildman–Crippen LogP) is 1.55. The number of rotatable bonds is 3. The Labute approximate surface area is 109 Å². The molecule has 1 aliphatic rings. The summed E-state index contributed by atoms with van der Waals surface area (Å²) in [5, 5.41) is 18.7. The number of carboxylic acids is 1. The van der Waals surface area contributed by atoms with Gasteiger partial charge in [0.25, 0.3) is 0 Å². The van der Waals surface area contributed by atoms with Crippen LogP contribution in [0.3, 0.4) is 0 Å². The minimum absolute atomic E-state index is 0.211. The normalized spacial score (nSPS) is 19.3. The minimum atomic E-state index is -1.11. The van der Waals surface area contributed by atoms with Crippen LogP contribution >= 0.6 is 0 Å². The van der Waals surface area contributed by atoms with Gasteiger partial charge in [-0.15, -0.1) is 0 Å². The summed E-state index contributed by atoms with van der Waals surface area (Å²) in [5.74, 6) is -3.16. The highest BCUT2D eigenvalue weighted by molar-refractivity contribution is 5.75. The summed E-state index contributed by atoms with van der Waals surface area (Å²) in [6.07, 6.45) is 0.539. The summed E-state index contributed by atoms with van der Waals surface area (Å²) in [4.78, 5) is 13.0. The van der Waals surface area contributed by atoms with Gasteiger partial charge in [0.1, 0.15) is 6.04 Å². The fourth-order valence-corrected chi connectivity index (χ4v) is 2.34. The Morgan fingerprint density at radius 1 is 1.26 bits per heavy atom. The van der Waals surface area contributed by atoms with Crippen molar-refractivity contribution < 1.29 is 23.8 Å². The number of likely N-dealkylation sites (tertiary alicyclic amines) is 1. The Balaban J connectivity index is 2.24. The minimum Gasteiger partial charge on any atom is -0.480 e. The lowest BCUT2D eigenvalue weighted by Crippen LogP contribution is -2.41. The highest BCUT2D eigenvalue weighted by Crippen LogP contribution is 2.26. The Morgan fingerprint density at radius 2 is 1.89 bits per heavy atom. The predicted molar refractivity (Wildman–Crippen MR) is 63.5 cm³/mol. The van der Waals surface area contributed by atoms with Crippen LogP contribution in [-0.4, -0.2) is 40.3 Å². The molecule has 0 aliphatic carbocycles. The number of piperidine rings is 1. The third-order valence-corrected chi connectivity index (χ3v) is 3.36. The molecule has 6 heteroatoms. The summed E-state index contributed by atoms with van der Waals surface area (Å²) < 4.78 is 26.1. The average molecular weight is 271 g/mol. The smallest absolute Gasteiger partial charge is 0.325 e. The molecule has 0 radical (unpaired) electrons. The van der Waals surface area contributed by atoms with Crippen LogP contribution in [0, 0.1) is 11.6 Å². The molecular formula is C13H15F2NO3. The average Bonchev–Trinajstić information content (AvgIpc) is 2.36. The van der Waals surface area contributed by atoms with E-state index in [0.717, 1.165) is 12.1 Å². The molecule has 0 bridgehead atoms. The van der Waals surface area contributed by atoms with Gasteiger partial charge in [-0.3, -0.25) is 9.69 Å². The van der Waals surface area contributed by atoms with Crippen molar-refractivity contribution in [1.82, 2.24) is 4.90 Å². The van der Waals surface area contributed by atoms with E-state index >= 15 is 0 Å². The van der Waals surface area contributed by atoms with Gasteiger partial charge in [0, 0.05) is 13.1 Å². The van der Waals surface area contributed by atoms with Crippen LogP contribution in [0.2, 0.25) is 0 Å². The van der Waals surface area contributed by atoms with Crippen molar-refractivity contribution in [1.29, 1.82) is 0 Å². The number of halogens is 2. The molecule has 1 heterocycles. The van der Waals surface area contributed by atoms with Crippen LogP contribution in [0.25, 0.3) is 0 Å². The van der Waals surface area contributed by atoms with Gasteiger partial charge in [-0.2, -0.15) is 0 Å². The van der Waals surface area contributed by atoms with E-state index < -0.39 is 29.7 Å². The summed E-state index contributed by atoms with van der Waals surface area (Å²) in [6.45, 7) is 0.828. The molecule has 1 saturated heterocycles. The van der Waals surface area contributed by atoms with Crippen molar-refractivity contribution >= 4 is 5.97 Å². The molecule has 1 aromatic rings. The standard InChI is InChI=1S/C13H15F2NO3/c14-10-2-1-8(7-11(10)15)12(13(18)19)16-5-3-9(17)4-6-16/h1-2,7,9,12,17H,3-6H2,(H,18,19). The summed E-state index contributed by atoms with van der Waals surface area (Å²) >= 11 is 0. The first-order valence-corrected chi connectivity index (χ1v) is 6.09. The molecule has 19 heavy (non-hydrogen) atoms. The van der Waals surface area contributed by atoms with E-state index in [1.807, 2.05) is 0 Å². The zero-order valence-electron chi connectivity index (χ0n) is 10.2. The lowest BCUT2D eigenvalue weighted by molar-refractivity contribution is -0.144. The number of hydrogen-bond acceptors (Lipinski definition) is 3. The molecule has 1 unspecified atom stereocenters. The van der Waals surface area contributed by atoms with Crippen LogP contribution in [-0.2, 0) is 4.79 Å². The van der Waals surface area contributed by atoms with E-state index in [1.165, 1.54) is 6.07 Å². The van der Waals surface area contributed by atoms with Gasteiger partial charge in [-0.1, -0.05) is 6.07 Å². The molecule has 0 spiro atoms.